The van der Waals surface area contributed by atoms with Gasteiger partial charge in [0, 0.05) is 12.4 Å². The second-order valence-electron chi connectivity index (χ2n) is 6.46. The number of rotatable bonds is 5. The Hall–Kier alpha value is -3.91. The smallest absolute Gasteiger partial charge is 0.128 e. The molecule has 0 aliphatic heterocycles. The van der Waals surface area contributed by atoms with Gasteiger partial charge in [0.2, 0.25) is 0 Å². The van der Waals surface area contributed by atoms with Crippen LogP contribution in [-0.4, -0.2) is 4.57 Å². The molecule has 5 heteroatoms. The summed E-state index contributed by atoms with van der Waals surface area (Å²) in [6.07, 6.45) is 0. The van der Waals surface area contributed by atoms with Gasteiger partial charge < -0.3 is 19.8 Å². The summed E-state index contributed by atoms with van der Waals surface area (Å²) < 4.78 is 13.5. The first-order valence-corrected chi connectivity index (χ1v) is 8.88. The van der Waals surface area contributed by atoms with Crippen molar-refractivity contribution in [3.63, 3.8) is 0 Å². The molecule has 0 aliphatic rings. The average molecular weight is 369 g/mol. The summed E-state index contributed by atoms with van der Waals surface area (Å²) in [5, 5.41) is 10.2. The van der Waals surface area contributed by atoms with Gasteiger partial charge in [-0.25, -0.2) is 0 Å². The minimum Gasteiger partial charge on any atom is -0.489 e. The molecule has 0 spiro atoms. The molecule has 2 N–H and O–H groups in total. The van der Waals surface area contributed by atoms with Crippen LogP contribution in [0.25, 0.3) is 10.9 Å². The number of nitriles is 1. The van der Waals surface area contributed by atoms with Gasteiger partial charge in [-0.05, 0) is 48.0 Å². The number of hydrogen-bond acceptors (Lipinski definition) is 4. The number of hydrogen-bond donors (Lipinski definition) is 1. The Kier molecular flexibility index (Phi) is 4.61. The van der Waals surface area contributed by atoms with Crippen LogP contribution in [-0.2, 0) is 13.7 Å². The first-order chi connectivity index (χ1) is 13.7. The van der Waals surface area contributed by atoms with Gasteiger partial charge in [0.05, 0.1) is 5.52 Å². The lowest BCUT2D eigenvalue weighted by Gasteiger charge is -2.09. The topological polar surface area (TPSA) is 73.2 Å². The number of aromatic nitrogens is 1. The van der Waals surface area contributed by atoms with Crippen LogP contribution >= 0.6 is 0 Å². The molecule has 0 atom stereocenters. The molecule has 1 heterocycles. The van der Waals surface area contributed by atoms with E-state index in [1.807, 2.05) is 79.8 Å². The van der Waals surface area contributed by atoms with Gasteiger partial charge in [-0.2, -0.15) is 5.26 Å². The number of nitrogens with zero attached hydrogens (tertiary/aromatic N) is 2. The molecule has 0 fully saturated rings. The van der Waals surface area contributed by atoms with Gasteiger partial charge in [0.1, 0.15) is 41.3 Å². The first-order valence-electron chi connectivity index (χ1n) is 8.88. The number of fused-ring (bicyclic) bond motifs is 1. The predicted molar refractivity (Wildman–Crippen MR) is 109 cm³/mol. The van der Waals surface area contributed by atoms with Crippen LogP contribution < -0.4 is 15.2 Å². The SMILES string of the molecule is Cn1c(N)c(C#N)c2cc(Oc3ccc(OCc4ccccc4)cc3)ccc21. The third kappa shape index (κ3) is 3.36. The number of aryl methyl sites for hydroxylation is 1. The summed E-state index contributed by atoms with van der Waals surface area (Å²) >= 11 is 0. The zero-order valence-corrected chi connectivity index (χ0v) is 15.4. The minimum atomic E-state index is 0.453. The Morgan fingerprint density at radius 1 is 0.929 bits per heavy atom. The van der Waals surface area contributed by atoms with Crippen LogP contribution in [0, 0.1) is 11.3 Å². The lowest BCUT2D eigenvalue weighted by molar-refractivity contribution is 0.306. The van der Waals surface area contributed by atoms with Crippen molar-refractivity contribution in [3.05, 3.63) is 83.9 Å². The fraction of sp³-hybridized carbons (Fsp3) is 0.0870. The maximum Gasteiger partial charge on any atom is 0.128 e. The Bertz CT molecular complexity index is 1160. The van der Waals surface area contributed by atoms with Crippen molar-refractivity contribution < 1.29 is 9.47 Å². The second-order valence-corrected chi connectivity index (χ2v) is 6.46. The molecule has 0 aliphatic carbocycles. The molecule has 28 heavy (non-hydrogen) atoms. The Balaban J connectivity index is 1.49. The van der Waals surface area contributed by atoms with Gasteiger partial charge in [0.25, 0.3) is 0 Å². The van der Waals surface area contributed by atoms with Crippen molar-refractivity contribution in [1.29, 1.82) is 5.26 Å². The molecule has 0 saturated carbocycles. The second kappa shape index (κ2) is 7.37. The van der Waals surface area contributed by atoms with Gasteiger partial charge >= 0.3 is 0 Å². The number of anilines is 1. The Morgan fingerprint density at radius 3 is 2.32 bits per heavy atom. The van der Waals surface area contributed by atoms with E-state index >= 15 is 0 Å². The van der Waals surface area contributed by atoms with Crippen molar-refractivity contribution in [2.75, 3.05) is 5.73 Å². The summed E-state index contributed by atoms with van der Waals surface area (Å²) in [5.74, 6) is 2.56. The van der Waals surface area contributed by atoms with E-state index in [2.05, 4.69) is 6.07 Å². The highest BCUT2D eigenvalue weighted by atomic mass is 16.5. The summed E-state index contributed by atoms with van der Waals surface area (Å²) in [5.41, 5.74) is 8.48. The van der Waals surface area contributed by atoms with Gasteiger partial charge in [-0.1, -0.05) is 30.3 Å². The molecule has 4 rings (SSSR count). The van der Waals surface area contributed by atoms with E-state index in [4.69, 9.17) is 15.2 Å². The maximum atomic E-state index is 9.38. The van der Waals surface area contributed by atoms with Crippen LogP contribution in [0.15, 0.2) is 72.8 Å². The molecule has 5 nitrogen and oxygen atoms in total. The summed E-state index contributed by atoms with van der Waals surface area (Å²) in [6.45, 7) is 0.518. The van der Waals surface area contributed by atoms with Crippen molar-refractivity contribution in [2.24, 2.45) is 7.05 Å². The zero-order chi connectivity index (χ0) is 19.5. The average Bonchev–Trinajstić information content (AvgIpc) is 2.97. The normalized spacial score (nSPS) is 10.6. The molecule has 0 amide bonds. The predicted octanol–water partition coefficient (Wildman–Crippen LogP) is 5.00. The van der Waals surface area contributed by atoms with Crippen LogP contribution in [0.4, 0.5) is 5.82 Å². The molecule has 0 saturated heterocycles. The van der Waals surface area contributed by atoms with E-state index in [1.54, 1.807) is 4.57 Å². The first kappa shape index (κ1) is 17.5. The molecule has 4 aromatic rings. The van der Waals surface area contributed by atoms with Gasteiger partial charge in [-0.15, -0.1) is 0 Å². The number of nitrogens with two attached hydrogens (primary N) is 1. The quantitative estimate of drug-likeness (QED) is 0.537. The standard InChI is InChI=1S/C23H19N3O2/c1-26-22-12-11-19(13-20(22)21(14-24)23(26)25)28-18-9-7-17(8-10-18)27-15-16-5-3-2-4-6-16/h2-13H,15,25H2,1H3. The summed E-state index contributed by atoms with van der Waals surface area (Å²) in [4.78, 5) is 0. The van der Waals surface area contributed by atoms with Gasteiger partial charge in [0.15, 0.2) is 0 Å². The fourth-order valence-electron chi connectivity index (χ4n) is 3.11. The van der Waals surface area contributed by atoms with E-state index in [-0.39, 0.29) is 0 Å². The van der Waals surface area contributed by atoms with Gasteiger partial charge in [-0.3, -0.25) is 0 Å². The molecule has 1 aromatic heterocycles. The highest BCUT2D eigenvalue weighted by Crippen LogP contribution is 2.32. The fourth-order valence-corrected chi connectivity index (χ4v) is 3.11. The molecule has 0 radical (unpaired) electrons. The van der Waals surface area contributed by atoms with Crippen LogP contribution in [0.5, 0.6) is 17.2 Å². The molecule has 0 unspecified atom stereocenters. The number of benzene rings is 3. The van der Waals surface area contributed by atoms with E-state index in [0.717, 1.165) is 22.2 Å². The van der Waals surface area contributed by atoms with Crippen molar-refractivity contribution in [3.8, 4) is 23.3 Å². The highest BCUT2D eigenvalue weighted by molar-refractivity contribution is 5.93. The molecule has 3 aromatic carbocycles. The van der Waals surface area contributed by atoms with E-state index in [1.165, 1.54) is 0 Å². The van der Waals surface area contributed by atoms with Crippen molar-refractivity contribution in [1.82, 2.24) is 4.57 Å². The monoisotopic (exact) mass is 369 g/mol. The lowest BCUT2D eigenvalue weighted by atomic mass is 10.1. The Morgan fingerprint density at radius 2 is 1.61 bits per heavy atom. The van der Waals surface area contributed by atoms with Crippen LogP contribution in [0.2, 0.25) is 0 Å². The highest BCUT2D eigenvalue weighted by Gasteiger charge is 2.13. The molecule has 0 bridgehead atoms. The number of ether oxygens (including phenoxy) is 2. The number of nitrogen functional groups attached to an aromatic ring is 1. The zero-order valence-electron chi connectivity index (χ0n) is 15.4. The molecule has 138 valence electrons. The third-order valence-electron chi connectivity index (χ3n) is 4.64. The summed E-state index contributed by atoms with van der Waals surface area (Å²) in [7, 11) is 1.84. The van der Waals surface area contributed by atoms with Crippen molar-refractivity contribution in [2.45, 2.75) is 6.61 Å². The van der Waals surface area contributed by atoms with E-state index in [0.29, 0.717) is 29.5 Å². The van der Waals surface area contributed by atoms with Crippen LogP contribution in [0.1, 0.15) is 11.1 Å². The maximum absolute atomic E-state index is 9.38. The summed E-state index contributed by atoms with van der Waals surface area (Å²) in [6, 6.07) is 25.2. The Labute approximate surface area is 163 Å². The third-order valence-corrected chi connectivity index (χ3v) is 4.64. The van der Waals surface area contributed by atoms with E-state index < -0.39 is 0 Å². The van der Waals surface area contributed by atoms with Crippen molar-refractivity contribution >= 4 is 16.7 Å². The lowest BCUT2D eigenvalue weighted by Crippen LogP contribution is -1.96. The molecular weight excluding hydrogens is 350 g/mol. The minimum absolute atomic E-state index is 0.453. The largest absolute Gasteiger partial charge is 0.489 e. The molecular formula is C23H19N3O2. The van der Waals surface area contributed by atoms with E-state index in [9.17, 15) is 5.26 Å². The van der Waals surface area contributed by atoms with Crippen LogP contribution in [0.3, 0.4) is 0 Å².